The molecule has 0 unspecified atom stereocenters. The number of pyridine rings is 1. The van der Waals surface area contributed by atoms with Crippen LogP contribution in [0.5, 0.6) is 0 Å². The average molecular weight is 390 g/mol. The van der Waals surface area contributed by atoms with E-state index in [1.807, 2.05) is 59.2 Å². The quantitative estimate of drug-likeness (QED) is 0.415. The van der Waals surface area contributed by atoms with Gasteiger partial charge in [-0.25, -0.2) is 10.4 Å². The molecule has 2 aromatic carbocycles. The fraction of sp³-hybridized carbons (Fsp3) is 0.0476. The summed E-state index contributed by atoms with van der Waals surface area (Å²) in [5, 5.41) is 4.67. The third-order valence-electron chi connectivity index (χ3n) is 4.12. The molecule has 0 bridgehead atoms. The largest absolute Gasteiger partial charge is 0.313 e. The lowest BCUT2D eigenvalue weighted by Crippen LogP contribution is -2.23. The van der Waals surface area contributed by atoms with E-state index in [-0.39, 0.29) is 12.5 Å². The second kappa shape index (κ2) is 8.02. The van der Waals surface area contributed by atoms with Crippen LogP contribution in [0.3, 0.4) is 0 Å². The molecule has 0 radical (unpaired) electrons. The molecule has 138 valence electrons. The molecule has 4 aromatic rings. The molecule has 1 N–H and O–H groups in total. The summed E-state index contributed by atoms with van der Waals surface area (Å²) < 4.78 is 1.84. The van der Waals surface area contributed by atoms with Gasteiger partial charge in [-0.3, -0.25) is 9.78 Å². The van der Waals surface area contributed by atoms with Crippen LogP contribution in [-0.4, -0.2) is 26.7 Å². The van der Waals surface area contributed by atoms with Crippen LogP contribution in [0.15, 0.2) is 78.0 Å². The molecule has 0 saturated carbocycles. The molecule has 0 aliphatic rings. The van der Waals surface area contributed by atoms with Gasteiger partial charge in [-0.15, -0.1) is 0 Å². The highest BCUT2D eigenvalue weighted by Gasteiger charge is 2.15. The van der Waals surface area contributed by atoms with Crippen molar-refractivity contribution in [3.8, 4) is 11.5 Å². The van der Waals surface area contributed by atoms with Gasteiger partial charge in [-0.1, -0.05) is 41.9 Å². The number of fused-ring (bicyclic) bond motifs is 1. The van der Waals surface area contributed by atoms with Crippen molar-refractivity contribution in [2.24, 2.45) is 5.10 Å². The topological polar surface area (TPSA) is 72.2 Å². The summed E-state index contributed by atoms with van der Waals surface area (Å²) in [4.78, 5) is 21.5. The summed E-state index contributed by atoms with van der Waals surface area (Å²) in [6.07, 6.45) is 3.27. The van der Waals surface area contributed by atoms with E-state index in [0.717, 1.165) is 16.6 Å². The van der Waals surface area contributed by atoms with Gasteiger partial charge in [0.25, 0.3) is 5.91 Å². The number of imidazole rings is 1. The second-order valence-electron chi connectivity index (χ2n) is 6.07. The third-order valence-corrected chi connectivity index (χ3v) is 4.38. The van der Waals surface area contributed by atoms with Crippen molar-refractivity contribution < 1.29 is 4.79 Å². The van der Waals surface area contributed by atoms with E-state index in [1.165, 1.54) is 0 Å². The van der Waals surface area contributed by atoms with Gasteiger partial charge >= 0.3 is 0 Å². The predicted octanol–water partition coefficient (Wildman–Crippen LogP) is 3.90. The summed E-state index contributed by atoms with van der Waals surface area (Å²) >= 11 is 5.86. The number of para-hydroxylation sites is 2. The predicted molar refractivity (Wildman–Crippen MR) is 110 cm³/mol. The van der Waals surface area contributed by atoms with E-state index in [4.69, 9.17) is 11.6 Å². The zero-order valence-electron chi connectivity index (χ0n) is 14.8. The van der Waals surface area contributed by atoms with Crippen LogP contribution in [0, 0.1) is 0 Å². The van der Waals surface area contributed by atoms with Gasteiger partial charge in [0.1, 0.15) is 12.2 Å². The van der Waals surface area contributed by atoms with Crippen LogP contribution in [0.2, 0.25) is 5.02 Å². The molecule has 2 aromatic heterocycles. The van der Waals surface area contributed by atoms with Gasteiger partial charge in [0.15, 0.2) is 5.82 Å². The summed E-state index contributed by atoms with van der Waals surface area (Å²) in [5.41, 5.74) is 5.77. The van der Waals surface area contributed by atoms with E-state index in [0.29, 0.717) is 16.5 Å². The van der Waals surface area contributed by atoms with Crippen molar-refractivity contribution in [3.05, 3.63) is 83.5 Å². The first kappa shape index (κ1) is 17.9. The number of hydrogen-bond acceptors (Lipinski definition) is 4. The number of hydrazone groups is 1. The molecular formula is C21H16ClN5O. The minimum atomic E-state index is -0.259. The van der Waals surface area contributed by atoms with Crippen molar-refractivity contribution in [1.29, 1.82) is 0 Å². The van der Waals surface area contributed by atoms with Gasteiger partial charge in [0.05, 0.1) is 17.2 Å². The summed E-state index contributed by atoms with van der Waals surface area (Å²) in [5.74, 6) is 0.379. The molecule has 0 aliphatic carbocycles. The maximum Gasteiger partial charge on any atom is 0.260 e. The number of benzene rings is 2. The molecule has 2 heterocycles. The zero-order valence-corrected chi connectivity index (χ0v) is 15.5. The number of amides is 1. The Morgan fingerprint density at radius 2 is 1.86 bits per heavy atom. The van der Waals surface area contributed by atoms with Crippen LogP contribution in [-0.2, 0) is 11.3 Å². The minimum Gasteiger partial charge on any atom is -0.313 e. The van der Waals surface area contributed by atoms with Crippen molar-refractivity contribution in [2.45, 2.75) is 6.54 Å². The Morgan fingerprint density at radius 1 is 1.07 bits per heavy atom. The monoisotopic (exact) mass is 389 g/mol. The molecule has 0 atom stereocenters. The lowest BCUT2D eigenvalue weighted by molar-refractivity contribution is -0.121. The van der Waals surface area contributed by atoms with Gasteiger partial charge < -0.3 is 4.57 Å². The highest BCUT2D eigenvalue weighted by Crippen LogP contribution is 2.23. The molecule has 4 rings (SSSR count). The maximum atomic E-state index is 12.5. The van der Waals surface area contributed by atoms with Crippen molar-refractivity contribution >= 4 is 34.8 Å². The molecule has 6 nitrogen and oxygen atoms in total. The fourth-order valence-corrected chi connectivity index (χ4v) is 2.96. The van der Waals surface area contributed by atoms with Gasteiger partial charge in [-0.05, 0) is 42.0 Å². The van der Waals surface area contributed by atoms with Crippen LogP contribution in [0.4, 0.5) is 0 Å². The molecule has 0 saturated heterocycles. The molecule has 0 spiro atoms. The first-order valence-electron chi connectivity index (χ1n) is 8.65. The van der Waals surface area contributed by atoms with Gasteiger partial charge in [0.2, 0.25) is 0 Å². The third kappa shape index (κ3) is 3.92. The zero-order chi connectivity index (χ0) is 19.3. The first-order chi connectivity index (χ1) is 13.7. The van der Waals surface area contributed by atoms with Gasteiger partial charge in [0, 0.05) is 11.2 Å². The normalized spacial score (nSPS) is 11.2. The maximum absolute atomic E-state index is 12.5. The Bertz CT molecular complexity index is 1140. The summed E-state index contributed by atoms with van der Waals surface area (Å²) in [6, 6.07) is 20.4. The molecule has 28 heavy (non-hydrogen) atoms. The number of rotatable bonds is 5. The molecule has 7 heteroatoms. The Kier molecular flexibility index (Phi) is 5.12. The van der Waals surface area contributed by atoms with Gasteiger partial charge in [-0.2, -0.15) is 5.10 Å². The summed E-state index contributed by atoms with van der Waals surface area (Å²) in [7, 11) is 0. The Labute approximate surface area is 166 Å². The number of halogens is 1. The van der Waals surface area contributed by atoms with Crippen LogP contribution in [0.25, 0.3) is 22.6 Å². The number of carbonyl (C=O) groups is 1. The highest BCUT2D eigenvalue weighted by atomic mass is 35.5. The van der Waals surface area contributed by atoms with Crippen LogP contribution >= 0.6 is 11.6 Å². The first-order valence-corrected chi connectivity index (χ1v) is 9.02. The molecular weight excluding hydrogens is 374 g/mol. The number of carbonyl (C=O) groups excluding carboxylic acids is 1. The number of nitrogens with zero attached hydrogens (tertiary/aromatic N) is 4. The number of aromatic nitrogens is 3. The van der Waals surface area contributed by atoms with E-state index >= 15 is 0 Å². The minimum absolute atomic E-state index is 0.0738. The lowest BCUT2D eigenvalue weighted by atomic mass is 10.2. The van der Waals surface area contributed by atoms with Crippen molar-refractivity contribution in [2.75, 3.05) is 0 Å². The highest BCUT2D eigenvalue weighted by molar-refractivity contribution is 6.30. The van der Waals surface area contributed by atoms with E-state index in [2.05, 4.69) is 20.5 Å². The van der Waals surface area contributed by atoms with Crippen molar-refractivity contribution in [1.82, 2.24) is 20.0 Å². The molecule has 1 amide bonds. The Balaban J connectivity index is 1.56. The van der Waals surface area contributed by atoms with E-state index in [9.17, 15) is 4.79 Å². The van der Waals surface area contributed by atoms with Crippen molar-refractivity contribution in [3.63, 3.8) is 0 Å². The fourth-order valence-electron chi connectivity index (χ4n) is 2.83. The number of hydrogen-bond donors (Lipinski definition) is 1. The number of nitrogens with one attached hydrogen (secondary N) is 1. The van der Waals surface area contributed by atoms with Crippen LogP contribution < -0.4 is 5.43 Å². The SMILES string of the molecule is O=C(Cn1c(-c2ccccn2)nc2ccccc21)N/N=C\c1ccc(Cl)cc1. The Morgan fingerprint density at radius 3 is 2.64 bits per heavy atom. The lowest BCUT2D eigenvalue weighted by Gasteiger charge is -2.07. The van der Waals surface area contributed by atoms with E-state index < -0.39 is 0 Å². The second-order valence-corrected chi connectivity index (χ2v) is 6.51. The molecule has 0 aliphatic heterocycles. The average Bonchev–Trinajstić information content (AvgIpc) is 3.09. The van der Waals surface area contributed by atoms with Crippen LogP contribution in [0.1, 0.15) is 5.56 Å². The smallest absolute Gasteiger partial charge is 0.260 e. The standard InChI is InChI=1S/C21H16ClN5O/c22-16-10-8-15(9-11-16)13-24-26-20(28)14-27-19-7-2-1-5-17(19)25-21(27)18-6-3-4-12-23-18/h1-13H,14H2,(H,26,28)/b24-13-. The molecule has 0 fully saturated rings. The summed E-state index contributed by atoms with van der Waals surface area (Å²) in [6.45, 7) is 0.0738. The van der Waals surface area contributed by atoms with E-state index in [1.54, 1.807) is 24.5 Å². The Hall–Kier alpha value is -3.51.